The Labute approximate surface area is 102 Å². The van der Waals surface area contributed by atoms with E-state index in [1.165, 1.54) is 11.8 Å². The van der Waals surface area contributed by atoms with Gasteiger partial charge in [-0.1, -0.05) is 12.1 Å². The number of anilines is 1. The molecule has 0 aliphatic rings. The minimum atomic E-state index is 0.611. The summed E-state index contributed by atoms with van der Waals surface area (Å²) in [7, 11) is 0. The number of benzene rings is 1. The molecule has 3 aromatic rings. The molecule has 5 heteroatoms. The Bertz CT molecular complexity index is 652. The summed E-state index contributed by atoms with van der Waals surface area (Å²) in [6.45, 7) is 0. The Morgan fingerprint density at radius 3 is 2.88 bits per heavy atom. The predicted molar refractivity (Wildman–Crippen MR) is 66.8 cm³/mol. The average molecular weight is 243 g/mol. The van der Waals surface area contributed by atoms with Gasteiger partial charge in [0.2, 0.25) is 0 Å². The first-order valence-electron chi connectivity index (χ1n) is 5.05. The number of fused-ring (bicyclic) bond motifs is 1. The van der Waals surface area contributed by atoms with E-state index in [2.05, 4.69) is 9.97 Å². The predicted octanol–water partition coefficient (Wildman–Crippen LogP) is 2.96. The van der Waals surface area contributed by atoms with E-state index < -0.39 is 0 Å². The largest absolute Gasteiger partial charge is 0.440 e. The Morgan fingerprint density at radius 2 is 2.06 bits per heavy atom. The number of rotatable bonds is 2. The summed E-state index contributed by atoms with van der Waals surface area (Å²) >= 11 is 1.46. The van der Waals surface area contributed by atoms with Gasteiger partial charge in [-0.15, -0.1) is 0 Å². The maximum Gasteiger partial charge on any atom is 0.260 e. The van der Waals surface area contributed by atoms with Crippen molar-refractivity contribution in [3.05, 3.63) is 42.9 Å². The van der Waals surface area contributed by atoms with Crippen LogP contribution in [0.1, 0.15) is 0 Å². The zero-order valence-electron chi connectivity index (χ0n) is 8.83. The van der Waals surface area contributed by atoms with Crippen LogP contribution < -0.4 is 5.73 Å². The van der Waals surface area contributed by atoms with Gasteiger partial charge in [0.1, 0.15) is 6.26 Å². The van der Waals surface area contributed by atoms with E-state index in [0.717, 1.165) is 15.8 Å². The Hall–Kier alpha value is -2.01. The van der Waals surface area contributed by atoms with Crippen LogP contribution in [-0.2, 0) is 0 Å². The highest BCUT2D eigenvalue weighted by atomic mass is 32.2. The van der Waals surface area contributed by atoms with Crippen LogP contribution in [0.5, 0.6) is 0 Å². The van der Waals surface area contributed by atoms with E-state index in [4.69, 9.17) is 10.2 Å². The van der Waals surface area contributed by atoms with Crippen LogP contribution in [0.2, 0.25) is 0 Å². The molecule has 0 atom stereocenters. The Kier molecular flexibility index (Phi) is 2.45. The highest BCUT2D eigenvalue weighted by Gasteiger charge is 2.07. The Morgan fingerprint density at radius 1 is 1.12 bits per heavy atom. The number of nitrogens with two attached hydrogens (primary N) is 1. The molecule has 0 bridgehead atoms. The van der Waals surface area contributed by atoms with Crippen molar-refractivity contribution in [3.63, 3.8) is 0 Å². The molecule has 3 rings (SSSR count). The van der Waals surface area contributed by atoms with Crippen LogP contribution in [0.25, 0.3) is 10.9 Å². The topological polar surface area (TPSA) is 64.9 Å². The van der Waals surface area contributed by atoms with E-state index in [1.807, 2.05) is 24.3 Å². The van der Waals surface area contributed by atoms with Crippen molar-refractivity contribution in [3.8, 4) is 0 Å². The molecule has 0 aliphatic carbocycles. The number of nitrogens with zero attached hydrogens (tertiary/aromatic N) is 2. The fraction of sp³-hybridized carbons (Fsp3) is 0. The van der Waals surface area contributed by atoms with E-state index in [0.29, 0.717) is 10.9 Å². The summed E-state index contributed by atoms with van der Waals surface area (Å²) in [6, 6.07) is 7.68. The quantitative estimate of drug-likeness (QED) is 0.701. The van der Waals surface area contributed by atoms with Crippen molar-refractivity contribution >= 4 is 28.4 Å². The first kappa shape index (κ1) is 10.2. The molecule has 0 aliphatic heterocycles. The molecule has 2 N–H and O–H groups in total. The Balaban J connectivity index is 2.14. The van der Waals surface area contributed by atoms with Crippen LogP contribution >= 0.6 is 11.8 Å². The number of oxazole rings is 1. The molecule has 17 heavy (non-hydrogen) atoms. The smallest absolute Gasteiger partial charge is 0.260 e. The molecule has 0 radical (unpaired) electrons. The first-order valence-corrected chi connectivity index (χ1v) is 5.87. The summed E-state index contributed by atoms with van der Waals surface area (Å²) < 4.78 is 5.22. The number of hydrogen-bond acceptors (Lipinski definition) is 5. The second kappa shape index (κ2) is 4.10. The first-order chi connectivity index (χ1) is 8.34. The molecule has 4 nitrogen and oxygen atoms in total. The molecule has 2 aromatic heterocycles. The van der Waals surface area contributed by atoms with E-state index in [1.54, 1.807) is 18.7 Å². The van der Waals surface area contributed by atoms with Gasteiger partial charge in [-0.3, -0.25) is 4.98 Å². The third-order valence-corrected chi connectivity index (χ3v) is 3.32. The van der Waals surface area contributed by atoms with Gasteiger partial charge in [0.25, 0.3) is 5.22 Å². The third kappa shape index (κ3) is 1.85. The molecular formula is C12H9N3OS. The average Bonchev–Trinajstić information content (AvgIpc) is 2.83. The van der Waals surface area contributed by atoms with Crippen molar-refractivity contribution < 1.29 is 4.42 Å². The lowest BCUT2D eigenvalue weighted by Crippen LogP contribution is -1.90. The maximum absolute atomic E-state index is 5.89. The minimum Gasteiger partial charge on any atom is -0.440 e. The van der Waals surface area contributed by atoms with Gasteiger partial charge in [0.05, 0.1) is 17.4 Å². The van der Waals surface area contributed by atoms with E-state index >= 15 is 0 Å². The van der Waals surface area contributed by atoms with Crippen LogP contribution in [-0.4, -0.2) is 9.97 Å². The third-order valence-electron chi connectivity index (χ3n) is 2.37. The number of pyridine rings is 1. The molecule has 0 saturated heterocycles. The second-order valence-corrected chi connectivity index (χ2v) is 4.45. The van der Waals surface area contributed by atoms with E-state index in [-0.39, 0.29) is 0 Å². The molecule has 1 aromatic carbocycles. The van der Waals surface area contributed by atoms with Crippen molar-refractivity contribution in [1.82, 2.24) is 9.97 Å². The maximum atomic E-state index is 5.89. The highest BCUT2D eigenvalue weighted by molar-refractivity contribution is 7.99. The van der Waals surface area contributed by atoms with Gasteiger partial charge in [0, 0.05) is 16.5 Å². The van der Waals surface area contributed by atoms with Gasteiger partial charge in [-0.25, -0.2) is 4.98 Å². The molecular weight excluding hydrogens is 234 g/mol. The van der Waals surface area contributed by atoms with Crippen LogP contribution in [0, 0.1) is 0 Å². The summed E-state index contributed by atoms with van der Waals surface area (Å²) in [5.74, 6) is 0. The SMILES string of the molecule is Nc1cccc2c(Sc3ncco3)ccnc12. The molecule has 0 unspecified atom stereocenters. The fourth-order valence-electron chi connectivity index (χ4n) is 1.62. The van der Waals surface area contributed by atoms with Crippen molar-refractivity contribution in [2.45, 2.75) is 10.1 Å². The molecule has 84 valence electrons. The summed E-state index contributed by atoms with van der Waals surface area (Å²) in [6.07, 6.45) is 4.92. The summed E-state index contributed by atoms with van der Waals surface area (Å²) in [4.78, 5) is 9.40. The lowest BCUT2D eigenvalue weighted by molar-refractivity contribution is 0.454. The van der Waals surface area contributed by atoms with E-state index in [9.17, 15) is 0 Å². The van der Waals surface area contributed by atoms with Gasteiger partial charge < -0.3 is 10.2 Å². The molecule has 2 heterocycles. The van der Waals surface area contributed by atoms with Crippen LogP contribution in [0.15, 0.2) is 57.5 Å². The molecule has 0 saturated carbocycles. The summed E-state index contributed by atoms with van der Waals surface area (Å²) in [5.41, 5.74) is 7.38. The van der Waals surface area contributed by atoms with Crippen molar-refractivity contribution in [2.75, 3.05) is 5.73 Å². The summed E-state index contributed by atoms with van der Waals surface area (Å²) in [5, 5.41) is 1.62. The minimum absolute atomic E-state index is 0.611. The number of hydrogen-bond donors (Lipinski definition) is 1. The fourth-order valence-corrected chi connectivity index (χ4v) is 2.43. The standard InChI is InChI=1S/C12H9N3OS/c13-9-3-1-2-8-10(4-5-14-11(8)9)17-12-15-6-7-16-12/h1-7H,13H2. The highest BCUT2D eigenvalue weighted by Crippen LogP contribution is 2.33. The molecule has 0 fully saturated rings. The van der Waals surface area contributed by atoms with Gasteiger partial charge >= 0.3 is 0 Å². The monoisotopic (exact) mass is 243 g/mol. The zero-order chi connectivity index (χ0) is 11.7. The van der Waals surface area contributed by atoms with Gasteiger partial charge in [-0.2, -0.15) is 0 Å². The van der Waals surface area contributed by atoms with Crippen molar-refractivity contribution in [1.29, 1.82) is 0 Å². The normalized spacial score (nSPS) is 10.8. The number of nitrogen functional groups attached to an aromatic ring is 1. The number of aromatic nitrogens is 2. The van der Waals surface area contributed by atoms with Crippen LogP contribution in [0.4, 0.5) is 5.69 Å². The van der Waals surface area contributed by atoms with Crippen molar-refractivity contribution in [2.24, 2.45) is 0 Å². The molecule has 0 amide bonds. The molecule has 0 spiro atoms. The number of para-hydroxylation sites is 1. The van der Waals surface area contributed by atoms with Gasteiger partial charge in [0.15, 0.2) is 0 Å². The second-order valence-electron chi connectivity index (χ2n) is 3.45. The lowest BCUT2D eigenvalue weighted by atomic mass is 10.2. The zero-order valence-corrected chi connectivity index (χ0v) is 9.65. The van der Waals surface area contributed by atoms with Gasteiger partial charge in [-0.05, 0) is 23.9 Å². The van der Waals surface area contributed by atoms with Crippen LogP contribution in [0.3, 0.4) is 0 Å². The lowest BCUT2D eigenvalue weighted by Gasteiger charge is -2.04.